The molecule has 0 fully saturated rings. The Morgan fingerprint density at radius 2 is 2.27 bits per heavy atom. The van der Waals surface area contributed by atoms with Crippen LogP contribution in [0.5, 0.6) is 0 Å². The summed E-state index contributed by atoms with van der Waals surface area (Å²) < 4.78 is 4.04. The van der Waals surface area contributed by atoms with Crippen LogP contribution in [0.1, 0.15) is 6.42 Å². The number of aromatic nitrogens is 2. The Morgan fingerprint density at radius 3 is 2.73 bits per heavy atom. The maximum absolute atomic E-state index is 8.51. The van der Waals surface area contributed by atoms with Gasteiger partial charge in [-0.2, -0.15) is 0 Å². The second-order valence-electron chi connectivity index (χ2n) is 2.39. The number of aryl methyl sites for hydroxylation is 2. The van der Waals surface area contributed by atoms with Crippen molar-refractivity contribution < 1.29 is 15.1 Å². The van der Waals surface area contributed by atoms with Crippen LogP contribution in [0, 0.1) is 0 Å². The van der Waals surface area contributed by atoms with Gasteiger partial charge in [-0.05, 0) is 0 Å². The molecule has 0 saturated carbocycles. The Labute approximate surface area is 66.0 Å². The van der Waals surface area contributed by atoms with Gasteiger partial charge in [0.1, 0.15) is 12.4 Å². The molecular formula is C7H14N2O2. The van der Waals surface area contributed by atoms with Crippen LogP contribution in [0.15, 0.2) is 18.7 Å². The molecular weight excluding hydrogens is 144 g/mol. The maximum Gasteiger partial charge on any atom is 0.243 e. The highest BCUT2D eigenvalue weighted by molar-refractivity contribution is 4.65. The number of hydrogen-bond donors (Lipinski definition) is 1. The maximum atomic E-state index is 8.51. The smallest absolute Gasteiger partial charge is 0.243 e. The van der Waals surface area contributed by atoms with E-state index >= 15 is 0 Å². The minimum atomic E-state index is 0. The zero-order chi connectivity index (χ0) is 7.40. The molecule has 11 heavy (non-hydrogen) atoms. The zero-order valence-electron chi connectivity index (χ0n) is 6.64. The Bertz CT molecular complexity index is 198. The summed E-state index contributed by atoms with van der Waals surface area (Å²) in [4.78, 5) is 0. The average Bonchev–Trinajstić information content (AvgIpc) is 2.31. The number of imidazole rings is 1. The number of aliphatic hydroxyl groups excluding tert-OH is 1. The van der Waals surface area contributed by atoms with Crippen molar-refractivity contribution in [2.45, 2.75) is 13.0 Å². The van der Waals surface area contributed by atoms with E-state index in [1.54, 1.807) is 0 Å². The van der Waals surface area contributed by atoms with Gasteiger partial charge in [0, 0.05) is 13.0 Å². The largest absolute Gasteiger partial charge is 0.870 e. The van der Waals surface area contributed by atoms with Crippen molar-refractivity contribution in [2.24, 2.45) is 7.05 Å². The molecule has 0 aliphatic carbocycles. The Balaban J connectivity index is 0.000001000. The van der Waals surface area contributed by atoms with Crippen molar-refractivity contribution in [1.29, 1.82) is 0 Å². The highest BCUT2D eigenvalue weighted by Crippen LogP contribution is 1.86. The van der Waals surface area contributed by atoms with Gasteiger partial charge in [-0.15, -0.1) is 0 Å². The summed E-state index contributed by atoms with van der Waals surface area (Å²) in [5, 5.41) is 8.51. The van der Waals surface area contributed by atoms with E-state index < -0.39 is 0 Å². The monoisotopic (exact) mass is 158 g/mol. The van der Waals surface area contributed by atoms with Crippen molar-refractivity contribution in [2.75, 3.05) is 6.61 Å². The van der Waals surface area contributed by atoms with Crippen molar-refractivity contribution in [3.63, 3.8) is 0 Å². The molecule has 0 aliphatic rings. The highest BCUT2D eigenvalue weighted by Gasteiger charge is 1.96. The summed E-state index contributed by atoms with van der Waals surface area (Å²) in [5.74, 6) is 0. The number of nitrogens with zero attached hydrogens (tertiary/aromatic N) is 2. The second kappa shape index (κ2) is 4.87. The van der Waals surface area contributed by atoms with Crippen LogP contribution in [-0.2, 0) is 13.6 Å². The van der Waals surface area contributed by atoms with Crippen LogP contribution in [0.2, 0.25) is 0 Å². The molecule has 1 aromatic heterocycles. The summed E-state index contributed by atoms with van der Waals surface area (Å²) >= 11 is 0. The molecule has 2 N–H and O–H groups in total. The summed E-state index contributed by atoms with van der Waals surface area (Å²) in [7, 11) is 1.98. The molecule has 0 aliphatic heterocycles. The van der Waals surface area contributed by atoms with E-state index in [0.717, 1.165) is 13.0 Å². The minimum absolute atomic E-state index is 0. The quantitative estimate of drug-likeness (QED) is 0.604. The molecule has 0 amide bonds. The predicted octanol–water partition coefficient (Wildman–Crippen LogP) is -0.482. The molecule has 1 heterocycles. The third kappa shape index (κ3) is 3.15. The van der Waals surface area contributed by atoms with E-state index in [0.29, 0.717) is 0 Å². The third-order valence-corrected chi connectivity index (χ3v) is 1.40. The normalized spacial score (nSPS) is 9.27. The van der Waals surface area contributed by atoms with Gasteiger partial charge in [0.15, 0.2) is 0 Å². The van der Waals surface area contributed by atoms with Gasteiger partial charge in [0.2, 0.25) is 6.33 Å². The third-order valence-electron chi connectivity index (χ3n) is 1.40. The van der Waals surface area contributed by atoms with Gasteiger partial charge in [0.05, 0.1) is 13.6 Å². The SMILES string of the molecule is C[n+]1ccn(CCCO)c1.[OH-]. The molecule has 0 radical (unpaired) electrons. The molecule has 4 nitrogen and oxygen atoms in total. The first-order valence-corrected chi connectivity index (χ1v) is 3.45. The Morgan fingerprint density at radius 1 is 1.55 bits per heavy atom. The Kier molecular flexibility index (Phi) is 4.49. The van der Waals surface area contributed by atoms with E-state index in [1.165, 1.54) is 0 Å². The summed E-state index contributed by atoms with van der Waals surface area (Å²) in [6.45, 7) is 1.17. The fourth-order valence-corrected chi connectivity index (χ4v) is 0.887. The van der Waals surface area contributed by atoms with Crippen LogP contribution >= 0.6 is 0 Å². The van der Waals surface area contributed by atoms with Gasteiger partial charge in [-0.3, -0.25) is 0 Å². The predicted molar refractivity (Wildman–Crippen MR) is 39.2 cm³/mol. The van der Waals surface area contributed by atoms with Crippen molar-refractivity contribution in [3.8, 4) is 0 Å². The lowest BCUT2D eigenvalue weighted by Gasteiger charge is -1.90. The molecule has 1 aromatic rings. The van der Waals surface area contributed by atoms with E-state index in [2.05, 4.69) is 4.57 Å². The standard InChI is InChI=1S/C7H13N2O.H2O/c1-8-4-5-9(7-8)3-2-6-10;/h4-5,7,10H,2-3,6H2,1H3;1H2/q+1;/p-1. The Hall–Kier alpha value is -0.870. The molecule has 0 spiro atoms. The first-order valence-electron chi connectivity index (χ1n) is 3.45. The first-order chi connectivity index (χ1) is 4.83. The lowest BCUT2D eigenvalue weighted by atomic mass is 10.4. The van der Waals surface area contributed by atoms with Crippen molar-refractivity contribution in [1.82, 2.24) is 4.57 Å². The van der Waals surface area contributed by atoms with E-state index in [9.17, 15) is 0 Å². The highest BCUT2D eigenvalue weighted by atomic mass is 16.3. The zero-order valence-corrected chi connectivity index (χ0v) is 6.64. The minimum Gasteiger partial charge on any atom is -0.870 e. The van der Waals surface area contributed by atoms with E-state index in [1.807, 2.05) is 30.3 Å². The fourth-order valence-electron chi connectivity index (χ4n) is 0.887. The van der Waals surface area contributed by atoms with Crippen LogP contribution in [-0.4, -0.2) is 21.8 Å². The van der Waals surface area contributed by atoms with Crippen molar-refractivity contribution in [3.05, 3.63) is 18.7 Å². The van der Waals surface area contributed by atoms with Crippen LogP contribution < -0.4 is 4.57 Å². The van der Waals surface area contributed by atoms with Gasteiger partial charge >= 0.3 is 0 Å². The molecule has 0 bridgehead atoms. The molecule has 0 unspecified atom stereocenters. The molecule has 1 rings (SSSR count). The first kappa shape index (κ1) is 10.1. The summed E-state index contributed by atoms with van der Waals surface area (Å²) in [6.07, 6.45) is 6.80. The van der Waals surface area contributed by atoms with Gasteiger partial charge in [-0.1, -0.05) is 0 Å². The van der Waals surface area contributed by atoms with Crippen LogP contribution in [0.4, 0.5) is 0 Å². The van der Waals surface area contributed by atoms with Crippen molar-refractivity contribution >= 4 is 0 Å². The summed E-state index contributed by atoms with van der Waals surface area (Å²) in [5.41, 5.74) is 0. The van der Waals surface area contributed by atoms with Gasteiger partial charge in [0.25, 0.3) is 0 Å². The van der Waals surface area contributed by atoms with E-state index in [4.69, 9.17) is 5.11 Å². The number of aliphatic hydroxyl groups is 1. The molecule has 0 saturated heterocycles. The number of rotatable bonds is 3. The lowest BCUT2D eigenvalue weighted by molar-refractivity contribution is -0.671. The topological polar surface area (TPSA) is 59.0 Å². The molecule has 0 aromatic carbocycles. The van der Waals surface area contributed by atoms with Crippen LogP contribution in [0.25, 0.3) is 0 Å². The van der Waals surface area contributed by atoms with Gasteiger partial charge in [-0.25, -0.2) is 9.13 Å². The summed E-state index contributed by atoms with van der Waals surface area (Å²) in [6, 6.07) is 0. The molecule has 64 valence electrons. The number of hydrogen-bond acceptors (Lipinski definition) is 2. The fraction of sp³-hybridized carbons (Fsp3) is 0.571. The molecule has 0 atom stereocenters. The lowest BCUT2D eigenvalue weighted by Crippen LogP contribution is -2.23. The van der Waals surface area contributed by atoms with Gasteiger partial charge < -0.3 is 10.6 Å². The average molecular weight is 158 g/mol. The second-order valence-corrected chi connectivity index (χ2v) is 2.39. The van der Waals surface area contributed by atoms with Crippen LogP contribution in [0.3, 0.4) is 0 Å². The molecule has 4 heteroatoms. The van der Waals surface area contributed by atoms with E-state index in [-0.39, 0.29) is 12.1 Å².